The molecule has 0 radical (unpaired) electrons. The first-order chi connectivity index (χ1) is 9.93. The van der Waals surface area contributed by atoms with Crippen molar-refractivity contribution in [3.8, 4) is 0 Å². The van der Waals surface area contributed by atoms with Gasteiger partial charge in [-0.15, -0.1) is 0 Å². The molecular weight excluding hydrogens is 286 g/mol. The Kier molecular flexibility index (Phi) is 7.64. The Bertz CT molecular complexity index is 387. The first kappa shape index (κ1) is 17.9. The van der Waals surface area contributed by atoms with E-state index in [1.165, 1.54) is 6.42 Å². The van der Waals surface area contributed by atoms with Gasteiger partial charge in [-0.05, 0) is 18.8 Å². The van der Waals surface area contributed by atoms with E-state index in [0.717, 1.165) is 19.3 Å². The SMILES string of the molecule is CCCC1CCC(=O)N(CC(=O)N(C)CCC(N)=S)CC1. The van der Waals surface area contributed by atoms with Crippen molar-refractivity contribution in [1.82, 2.24) is 9.80 Å². The third-order valence-electron chi connectivity index (χ3n) is 4.07. The summed E-state index contributed by atoms with van der Waals surface area (Å²) in [6.07, 6.45) is 5.36. The average molecular weight is 313 g/mol. The third-order valence-corrected chi connectivity index (χ3v) is 4.27. The molecule has 0 aromatic rings. The van der Waals surface area contributed by atoms with Gasteiger partial charge < -0.3 is 15.5 Å². The van der Waals surface area contributed by atoms with Gasteiger partial charge in [-0.25, -0.2) is 0 Å². The highest BCUT2D eigenvalue weighted by Gasteiger charge is 2.24. The molecule has 0 bridgehead atoms. The van der Waals surface area contributed by atoms with Gasteiger partial charge in [-0.1, -0.05) is 32.0 Å². The summed E-state index contributed by atoms with van der Waals surface area (Å²) in [5.41, 5.74) is 5.44. The molecule has 21 heavy (non-hydrogen) atoms. The molecule has 2 N–H and O–H groups in total. The fourth-order valence-electron chi connectivity index (χ4n) is 2.64. The van der Waals surface area contributed by atoms with Crippen LogP contribution in [0.3, 0.4) is 0 Å². The van der Waals surface area contributed by atoms with Crippen molar-refractivity contribution < 1.29 is 9.59 Å². The van der Waals surface area contributed by atoms with Gasteiger partial charge in [0, 0.05) is 33.0 Å². The van der Waals surface area contributed by atoms with Gasteiger partial charge >= 0.3 is 0 Å². The molecular formula is C15H27N3O2S. The number of likely N-dealkylation sites (tertiary alicyclic amines) is 1. The van der Waals surface area contributed by atoms with Crippen LogP contribution in [0.1, 0.15) is 45.4 Å². The van der Waals surface area contributed by atoms with Crippen LogP contribution in [0, 0.1) is 5.92 Å². The standard InChI is InChI=1S/C15H27N3O2S/c1-3-4-12-5-6-14(19)18(10-7-12)11-15(20)17(2)9-8-13(16)21/h12H,3-11H2,1-2H3,(H2,16,21). The van der Waals surface area contributed by atoms with Crippen LogP contribution in [0.15, 0.2) is 0 Å². The highest BCUT2D eigenvalue weighted by molar-refractivity contribution is 7.80. The zero-order valence-electron chi connectivity index (χ0n) is 13.1. The second kappa shape index (κ2) is 8.97. The van der Waals surface area contributed by atoms with Crippen molar-refractivity contribution in [2.45, 2.75) is 45.4 Å². The fraction of sp³-hybridized carbons (Fsp3) is 0.800. The van der Waals surface area contributed by atoms with Gasteiger partial charge in [-0.2, -0.15) is 0 Å². The van der Waals surface area contributed by atoms with E-state index in [2.05, 4.69) is 6.92 Å². The highest BCUT2D eigenvalue weighted by Crippen LogP contribution is 2.22. The summed E-state index contributed by atoms with van der Waals surface area (Å²) in [5, 5.41) is 0. The summed E-state index contributed by atoms with van der Waals surface area (Å²) in [7, 11) is 1.72. The Hall–Kier alpha value is -1.17. The van der Waals surface area contributed by atoms with Crippen molar-refractivity contribution in [3.05, 3.63) is 0 Å². The first-order valence-corrected chi connectivity index (χ1v) is 8.14. The maximum absolute atomic E-state index is 12.1. The molecule has 120 valence electrons. The normalized spacial score (nSPS) is 19.2. The molecule has 1 saturated heterocycles. The number of nitrogens with two attached hydrogens (primary N) is 1. The lowest BCUT2D eigenvalue weighted by molar-refractivity contribution is -0.139. The number of carbonyl (C=O) groups excluding carboxylic acids is 2. The Balaban J connectivity index is 2.46. The van der Waals surface area contributed by atoms with Gasteiger partial charge in [0.2, 0.25) is 11.8 Å². The molecule has 6 heteroatoms. The Labute approximate surface area is 132 Å². The minimum absolute atomic E-state index is 0.0476. The number of hydrogen-bond donors (Lipinski definition) is 1. The summed E-state index contributed by atoms with van der Waals surface area (Å²) < 4.78 is 0. The predicted molar refractivity (Wildman–Crippen MR) is 87.9 cm³/mol. The Morgan fingerprint density at radius 1 is 1.48 bits per heavy atom. The zero-order valence-corrected chi connectivity index (χ0v) is 14.0. The van der Waals surface area contributed by atoms with Crippen molar-refractivity contribution in [2.24, 2.45) is 11.7 Å². The van der Waals surface area contributed by atoms with Crippen LogP contribution < -0.4 is 5.73 Å². The summed E-state index contributed by atoms with van der Waals surface area (Å²) >= 11 is 4.81. The van der Waals surface area contributed by atoms with Crippen LogP contribution in [-0.4, -0.2) is 53.3 Å². The van der Waals surface area contributed by atoms with Crippen LogP contribution in [0.2, 0.25) is 0 Å². The number of hydrogen-bond acceptors (Lipinski definition) is 3. The van der Waals surface area contributed by atoms with Gasteiger partial charge in [0.25, 0.3) is 0 Å². The minimum Gasteiger partial charge on any atom is -0.393 e. The van der Waals surface area contributed by atoms with Crippen LogP contribution in [0.4, 0.5) is 0 Å². The third kappa shape index (κ3) is 6.42. The smallest absolute Gasteiger partial charge is 0.241 e. The topological polar surface area (TPSA) is 66.6 Å². The van der Waals surface area contributed by atoms with E-state index in [1.807, 2.05) is 0 Å². The molecule has 1 aliphatic rings. The molecule has 1 fully saturated rings. The van der Waals surface area contributed by atoms with Crippen molar-refractivity contribution in [1.29, 1.82) is 0 Å². The number of nitrogens with zero attached hydrogens (tertiary/aromatic N) is 2. The number of carbonyl (C=O) groups is 2. The average Bonchev–Trinajstić information content (AvgIpc) is 2.60. The monoisotopic (exact) mass is 313 g/mol. The molecule has 0 spiro atoms. The molecule has 1 aliphatic heterocycles. The van der Waals surface area contributed by atoms with E-state index in [9.17, 15) is 9.59 Å². The first-order valence-electron chi connectivity index (χ1n) is 7.74. The molecule has 5 nitrogen and oxygen atoms in total. The van der Waals surface area contributed by atoms with Gasteiger partial charge in [0.05, 0.1) is 11.5 Å². The maximum Gasteiger partial charge on any atom is 0.241 e. The molecule has 1 atom stereocenters. The second-order valence-electron chi connectivity index (χ2n) is 5.83. The number of rotatable bonds is 7. The Morgan fingerprint density at radius 2 is 2.19 bits per heavy atom. The van der Waals surface area contributed by atoms with Gasteiger partial charge in [0.1, 0.15) is 0 Å². The lowest BCUT2D eigenvalue weighted by Crippen LogP contribution is -2.42. The zero-order chi connectivity index (χ0) is 15.8. The van der Waals surface area contributed by atoms with Crippen LogP contribution in [0.25, 0.3) is 0 Å². The van der Waals surface area contributed by atoms with Gasteiger partial charge in [0.15, 0.2) is 0 Å². The van der Waals surface area contributed by atoms with E-state index in [4.69, 9.17) is 18.0 Å². The molecule has 0 saturated carbocycles. The van der Waals surface area contributed by atoms with Crippen LogP contribution >= 0.6 is 12.2 Å². The van der Waals surface area contributed by atoms with Crippen molar-refractivity contribution in [2.75, 3.05) is 26.7 Å². The molecule has 1 unspecified atom stereocenters. The summed E-state index contributed by atoms with van der Waals surface area (Å²) in [5.74, 6) is 0.671. The molecule has 0 aromatic carbocycles. The van der Waals surface area contributed by atoms with E-state index < -0.39 is 0 Å². The van der Waals surface area contributed by atoms with Crippen LogP contribution in [0.5, 0.6) is 0 Å². The largest absolute Gasteiger partial charge is 0.393 e. The number of amides is 2. The summed E-state index contributed by atoms with van der Waals surface area (Å²) in [4.78, 5) is 27.9. The molecule has 2 amide bonds. The molecule has 1 rings (SSSR count). The number of thiocarbonyl (C=S) groups is 1. The summed E-state index contributed by atoms with van der Waals surface area (Å²) in [6, 6.07) is 0. The Morgan fingerprint density at radius 3 is 2.81 bits per heavy atom. The van der Waals surface area contributed by atoms with E-state index in [1.54, 1.807) is 16.8 Å². The molecule has 0 aromatic heterocycles. The highest BCUT2D eigenvalue weighted by atomic mass is 32.1. The maximum atomic E-state index is 12.1. The molecule has 0 aliphatic carbocycles. The predicted octanol–water partition coefficient (Wildman–Crippen LogP) is 1.55. The van der Waals surface area contributed by atoms with Gasteiger partial charge in [-0.3, -0.25) is 9.59 Å². The summed E-state index contributed by atoms with van der Waals surface area (Å²) in [6.45, 7) is 3.55. The van der Waals surface area contributed by atoms with E-state index >= 15 is 0 Å². The van der Waals surface area contributed by atoms with E-state index in [0.29, 0.717) is 36.8 Å². The second-order valence-corrected chi connectivity index (χ2v) is 6.35. The lowest BCUT2D eigenvalue weighted by atomic mass is 9.96. The lowest BCUT2D eigenvalue weighted by Gasteiger charge is -2.24. The molecule has 1 heterocycles. The quantitative estimate of drug-likeness (QED) is 0.724. The van der Waals surface area contributed by atoms with Crippen molar-refractivity contribution in [3.63, 3.8) is 0 Å². The van der Waals surface area contributed by atoms with E-state index in [-0.39, 0.29) is 18.4 Å². The minimum atomic E-state index is -0.0476. The van der Waals surface area contributed by atoms with Crippen molar-refractivity contribution >= 4 is 29.0 Å². The van der Waals surface area contributed by atoms with Crippen LogP contribution in [-0.2, 0) is 9.59 Å². The number of likely N-dealkylation sites (N-methyl/N-ethyl adjacent to an activating group) is 1. The fourth-order valence-corrected chi connectivity index (χ4v) is 2.74.